The molecule has 7 heteroatoms. The molecule has 1 aromatic carbocycles. The van der Waals surface area contributed by atoms with E-state index in [1.807, 2.05) is 24.3 Å². The standard InChI is InChI=1S/C17H22N4O3/c1-11(21-9-7-12(8-10-21)15(18)22)16-19-20-17(24-16)13-3-5-14(23-2)6-4-13/h3-6,11-12H,7-10H2,1-2H3,(H2,18,22)/p+1/t11-/m0/s1. The third-order valence-corrected chi connectivity index (χ3v) is 4.79. The Labute approximate surface area is 140 Å². The third kappa shape index (κ3) is 3.41. The Balaban J connectivity index is 1.67. The first-order valence-electron chi connectivity index (χ1n) is 8.20. The molecule has 128 valence electrons. The summed E-state index contributed by atoms with van der Waals surface area (Å²) in [4.78, 5) is 12.6. The van der Waals surface area contributed by atoms with Crippen LogP contribution in [0.4, 0.5) is 0 Å². The van der Waals surface area contributed by atoms with Crippen LogP contribution in [-0.4, -0.2) is 36.3 Å². The molecule has 3 N–H and O–H groups in total. The van der Waals surface area contributed by atoms with Crippen molar-refractivity contribution in [2.24, 2.45) is 11.7 Å². The van der Waals surface area contributed by atoms with E-state index in [1.165, 1.54) is 4.90 Å². The van der Waals surface area contributed by atoms with Crippen molar-refractivity contribution in [1.29, 1.82) is 0 Å². The lowest BCUT2D eigenvalue weighted by atomic mass is 9.95. The number of nitrogens with zero attached hydrogens (tertiary/aromatic N) is 2. The number of hydrogen-bond acceptors (Lipinski definition) is 5. The summed E-state index contributed by atoms with van der Waals surface area (Å²) in [6, 6.07) is 7.61. The molecule has 1 fully saturated rings. The highest BCUT2D eigenvalue weighted by Crippen LogP contribution is 2.22. The fourth-order valence-corrected chi connectivity index (χ4v) is 3.14. The largest absolute Gasteiger partial charge is 0.497 e. The van der Waals surface area contributed by atoms with Crippen molar-refractivity contribution in [3.8, 4) is 17.2 Å². The molecule has 3 rings (SSSR count). The lowest BCUT2D eigenvalue weighted by Gasteiger charge is -2.30. The van der Waals surface area contributed by atoms with Crippen molar-refractivity contribution < 1.29 is 18.8 Å². The number of piperidine rings is 1. The fraction of sp³-hybridized carbons (Fsp3) is 0.471. The maximum absolute atomic E-state index is 11.3. The van der Waals surface area contributed by atoms with Crippen molar-refractivity contribution in [2.75, 3.05) is 20.2 Å². The van der Waals surface area contributed by atoms with E-state index < -0.39 is 0 Å². The zero-order valence-corrected chi connectivity index (χ0v) is 14.0. The van der Waals surface area contributed by atoms with Crippen molar-refractivity contribution in [1.82, 2.24) is 10.2 Å². The zero-order valence-electron chi connectivity index (χ0n) is 14.0. The summed E-state index contributed by atoms with van der Waals surface area (Å²) in [7, 11) is 1.63. The number of methoxy groups -OCH3 is 1. The highest BCUT2D eigenvalue weighted by atomic mass is 16.5. The van der Waals surface area contributed by atoms with Gasteiger partial charge in [0.15, 0.2) is 6.04 Å². The zero-order chi connectivity index (χ0) is 17.1. The number of rotatable bonds is 5. The van der Waals surface area contributed by atoms with Crippen molar-refractivity contribution in [3.63, 3.8) is 0 Å². The van der Waals surface area contributed by atoms with Gasteiger partial charge in [-0.3, -0.25) is 4.79 Å². The van der Waals surface area contributed by atoms with Gasteiger partial charge in [-0.1, -0.05) is 0 Å². The highest BCUT2D eigenvalue weighted by Gasteiger charge is 2.31. The molecule has 0 bridgehead atoms. The number of amides is 1. The number of nitrogens with two attached hydrogens (primary N) is 1. The summed E-state index contributed by atoms with van der Waals surface area (Å²) in [6.45, 7) is 3.84. The molecule has 0 aliphatic carbocycles. The van der Waals surface area contributed by atoms with Gasteiger partial charge in [0.2, 0.25) is 11.8 Å². The van der Waals surface area contributed by atoms with Gasteiger partial charge in [0.05, 0.1) is 20.2 Å². The van der Waals surface area contributed by atoms with E-state index >= 15 is 0 Å². The monoisotopic (exact) mass is 331 g/mol. The minimum atomic E-state index is -0.193. The van der Waals surface area contributed by atoms with Crippen LogP contribution in [0.15, 0.2) is 28.7 Å². The summed E-state index contributed by atoms with van der Waals surface area (Å²) in [5.74, 6) is 1.72. The molecule has 1 aliphatic rings. The maximum atomic E-state index is 11.3. The lowest BCUT2D eigenvalue weighted by Crippen LogP contribution is -3.13. The number of carbonyl (C=O) groups excluding carboxylic acids is 1. The van der Waals surface area contributed by atoms with Gasteiger partial charge in [0.1, 0.15) is 5.75 Å². The highest BCUT2D eigenvalue weighted by molar-refractivity contribution is 5.76. The minimum absolute atomic E-state index is 0.00139. The second-order valence-corrected chi connectivity index (χ2v) is 6.23. The molecule has 0 spiro atoms. The van der Waals surface area contributed by atoms with Gasteiger partial charge >= 0.3 is 0 Å². The summed E-state index contributed by atoms with van der Waals surface area (Å²) in [5.41, 5.74) is 6.26. The fourth-order valence-electron chi connectivity index (χ4n) is 3.14. The number of nitrogens with one attached hydrogen (secondary N) is 1. The van der Waals surface area contributed by atoms with Gasteiger partial charge in [-0.25, -0.2) is 0 Å². The first-order valence-corrected chi connectivity index (χ1v) is 8.20. The quantitative estimate of drug-likeness (QED) is 0.836. The maximum Gasteiger partial charge on any atom is 0.274 e. The second kappa shape index (κ2) is 7.00. The van der Waals surface area contributed by atoms with Gasteiger partial charge in [-0.05, 0) is 31.2 Å². The first kappa shape index (κ1) is 16.4. The average Bonchev–Trinajstić information content (AvgIpc) is 3.11. The molecule has 7 nitrogen and oxygen atoms in total. The molecule has 0 saturated carbocycles. The number of likely N-dealkylation sites (tertiary alicyclic amines) is 1. The van der Waals surface area contributed by atoms with E-state index in [0.29, 0.717) is 11.8 Å². The molecule has 1 saturated heterocycles. The van der Waals surface area contributed by atoms with Crippen LogP contribution < -0.4 is 15.4 Å². The number of carbonyl (C=O) groups is 1. The minimum Gasteiger partial charge on any atom is -0.497 e. The second-order valence-electron chi connectivity index (χ2n) is 6.23. The van der Waals surface area contributed by atoms with Crippen molar-refractivity contribution in [3.05, 3.63) is 30.2 Å². The van der Waals surface area contributed by atoms with E-state index in [9.17, 15) is 4.79 Å². The van der Waals surface area contributed by atoms with Crippen LogP contribution >= 0.6 is 0 Å². The Kier molecular flexibility index (Phi) is 4.80. The van der Waals surface area contributed by atoms with Crippen LogP contribution in [0.25, 0.3) is 11.5 Å². The molecular formula is C17H23N4O3+. The molecule has 1 atom stereocenters. The van der Waals surface area contributed by atoms with E-state index in [0.717, 1.165) is 37.2 Å². The van der Waals surface area contributed by atoms with E-state index in [2.05, 4.69) is 17.1 Å². The predicted octanol–water partition coefficient (Wildman–Crippen LogP) is 0.586. The molecule has 2 heterocycles. The number of benzene rings is 1. The molecule has 1 aromatic heterocycles. The van der Waals surface area contributed by atoms with Crippen LogP contribution in [-0.2, 0) is 4.79 Å². The summed E-state index contributed by atoms with van der Waals surface area (Å²) >= 11 is 0. The number of ether oxygens (including phenoxy) is 1. The Morgan fingerprint density at radius 3 is 2.54 bits per heavy atom. The van der Waals surface area contributed by atoms with E-state index in [1.54, 1.807) is 7.11 Å². The SMILES string of the molecule is COc1ccc(-c2nnc([C@H](C)[NH+]3CCC(C(N)=O)CC3)o2)cc1. The smallest absolute Gasteiger partial charge is 0.274 e. The van der Waals surface area contributed by atoms with Crippen LogP contribution in [0, 0.1) is 5.92 Å². The molecule has 0 radical (unpaired) electrons. The van der Waals surface area contributed by atoms with Crippen molar-refractivity contribution >= 4 is 5.91 Å². The molecule has 1 amide bonds. The Hall–Kier alpha value is -2.41. The Morgan fingerprint density at radius 1 is 1.29 bits per heavy atom. The molecule has 0 unspecified atom stereocenters. The number of quaternary nitrogens is 1. The number of hydrogen-bond donors (Lipinski definition) is 2. The van der Waals surface area contributed by atoms with Gasteiger partial charge in [0, 0.05) is 24.3 Å². The van der Waals surface area contributed by atoms with Gasteiger partial charge in [-0.2, -0.15) is 0 Å². The van der Waals surface area contributed by atoms with Gasteiger partial charge < -0.3 is 19.8 Å². The summed E-state index contributed by atoms with van der Waals surface area (Å²) in [5, 5.41) is 8.36. The van der Waals surface area contributed by atoms with Crippen LogP contribution in [0.3, 0.4) is 0 Å². The Bertz CT molecular complexity index is 690. The summed E-state index contributed by atoms with van der Waals surface area (Å²) in [6.07, 6.45) is 1.63. The number of primary amides is 1. The van der Waals surface area contributed by atoms with E-state index in [4.69, 9.17) is 14.9 Å². The molecular weight excluding hydrogens is 308 g/mol. The van der Waals surface area contributed by atoms with Crippen LogP contribution in [0.2, 0.25) is 0 Å². The van der Waals surface area contributed by atoms with Crippen LogP contribution in [0.1, 0.15) is 31.7 Å². The molecule has 2 aromatic rings. The lowest BCUT2D eigenvalue weighted by molar-refractivity contribution is -0.936. The first-order chi connectivity index (χ1) is 11.6. The van der Waals surface area contributed by atoms with Crippen LogP contribution in [0.5, 0.6) is 5.75 Å². The number of aromatic nitrogens is 2. The average molecular weight is 331 g/mol. The molecule has 1 aliphatic heterocycles. The predicted molar refractivity (Wildman–Crippen MR) is 87.3 cm³/mol. The van der Waals surface area contributed by atoms with E-state index in [-0.39, 0.29) is 17.9 Å². The summed E-state index contributed by atoms with van der Waals surface area (Å²) < 4.78 is 11.0. The molecule has 24 heavy (non-hydrogen) atoms. The topological polar surface area (TPSA) is 95.7 Å². The normalized spacial score (nSPS) is 22.1. The van der Waals surface area contributed by atoms with Crippen molar-refractivity contribution in [2.45, 2.75) is 25.8 Å². The van der Waals surface area contributed by atoms with Gasteiger partial charge in [-0.15, -0.1) is 10.2 Å². The third-order valence-electron chi connectivity index (χ3n) is 4.79. The Morgan fingerprint density at radius 2 is 1.96 bits per heavy atom. The van der Waals surface area contributed by atoms with Gasteiger partial charge in [0.25, 0.3) is 5.89 Å².